The van der Waals surface area contributed by atoms with Gasteiger partial charge in [-0.25, -0.2) is 9.78 Å². The Morgan fingerprint density at radius 2 is 2.04 bits per heavy atom. The number of rotatable bonds is 3. The Labute approximate surface area is 145 Å². The van der Waals surface area contributed by atoms with Gasteiger partial charge in [-0.2, -0.15) is 5.10 Å². The maximum absolute atomic E-state index is 12.7. The summed E-state index contributed by atoms with van der Waals surface area (Å²) in [4.78, 5) is 22.1. The molecule has 3 N–H and O–H groups in total. The van der Waals surface area contributed by atoms with Crippen LogP contribution in [0.25, 0.3) is 11.3 Å². The first-order valence-corrected chi connectivity index (χ1v) is 8.48. The molecule has 4 rings (SSSR count). The standard InChI is InChI=1S/C18H20N6O/c25-18(24-12-2-1-3-16(24)17-19-10-11-20-17)22-14-6-4-13(5-7-14)15-8-9-21-23-15/h4-11,16H,1-3,12H2,(H,19,20)(H,21,23)(H,22,25). The maximum Gasteiger partial charge on any atom is 0.322 e. The molecule has 2 aromatic heterocycles. The molecule has 0 bridgehead atoms. The highest BCUT2D eigenvalue weighted by molar-refractivity contribution is 5.90. The van der Waals surface area contributed by atoms with Gasteiger partial charge in [0.05, 0.1) is 11.7 Å². The van der Waals surface area contributed by atoms with E-state index in [0.29, 0.717) is 0 Å². The van der Waals surface area contributed by atoms with Gasteiger partial charge in [0.15, 0.2) is 0 Å². The number of carbonyl (C=O) groups excluding carboxylic acids is 1. The third kappa shape index (κ3) is 3.26. The molecular formula is C18H20N6O. The highest BCUT2D eigenvalue weighted by Gasteiger charge is 2.29. The second-order valence-electron chi connectivity index (χ2n) is 6.16. The molecule has 0 spiro atoms. The second kappa shape index (κ2) is 6.80. The molecule has 25 heavy (non-hydrogen) atoms. The predicted octanol–water partition coefficient (Wildman–Crippen LogP) is 3.56. The average molecular weight is 336 g/mol. The molecule has 1 atom stereocenters. The Morgan fingerprint density at radius 1 is 1.16 bits per heavy atom. The van der Waals surface area contributed by atoms with Crippen LogP contribution in [0.15, 0.2) is 48.9 Å². The van der Waals surface area contributed by atoms with Gasteiger partial charge in [-0.1, -0.05) is 12.1 Å². The number of urea groups is 1. The Morgan fingerprint density at radius 3 is 2.76 bits per heavy atom. The van der Waals surface area contributed by atoms with Crippen LogP contribution in [0.1, 0.15) is 31.1 Å². The van der Waals surface area contributed by atoms with Crippen molar-refractivity contribution < 1.29 is 4.79 Å². The summed E-state index contributed by atoms with van der Waals surface area (Å²) in [6, 6.07) is 9.56. The number of hydrogen-bond acceptors (Lipinski definition) is 3. The van der Waals surface area contributed by atoms with Gasteiger partial charge in [-0.15, -0.1) is 0 Å². The van der Waals surface area contributed by atoms with Gasteiger partial charge in [0.25, 0.3) is 0 Å². The number of nitrogens with zero attached hydrogens (tertiary/aromatic N) is 3. The summed E-state index contributed by atoms with van der Waals surface area (Å²) in [5.74, 6) is 0.851. The Hall–Kier alpha value is -3.09. The Bertz CT molecular complexity index is 810. The van der Waals surface area contributed by atoms with E-state index >= 15 is 0 Å². The largest absolute Gasteiger partial charge is 0.347 e. The predicted molar refractivity (Wildman–Crippen MR) is 94.9 cm³/mol. The van der Waals surface area contributed by atoms with Crippen molar-refractivity contribution in [3.63, 3.8) is 0 Å². The third-order valence-electron chi connectivity index (χ3n) is 4.55. The summed E-state index contributed by atoms with van der Waals surface area (Å²) < 4.78 is 0. The molecule has 1 aliphatic heterocycles. The van der Waals surface area contributed by atoms with E-state index in [0.717, 1.165) is 48.6 Å². The molecule has 0 aliphatic carbocycles. The molecule has 1 aromatic carbocycles. The molecule has 0 saturated carbocycles. The number of nitrogens with one attached hydrogen (secondary N) is 3. The minimum absolute atomic E-state index is 0.00742. The first-order valence-electron chi connectivity index (χ1n) is 8.48. The molecule has 3 heterocycles. The zero-order valence-corrected chi connectivity index (χ0v) is 13.8. The van der Waals surface area contributed by atoms with Crippen LogP contribution in [0.3, 0.4) is 0 Å². The summed E-state index contributed by atoms with van der Waals surface area (Å²) in [5, 5.41) is 9.88. The second-order valence-corrected chi connectivity index (χ2v) is 6.16. The number of aromatic nitrogens is 4. The molecule has 2 amide bonds. The summed E-state index contributed by atoms with van der Waals surface area (Å²) >= 11 is 0. The normalized spacial score (nSPS) is 17.4. The molecule has 7 nitrogen and oxygen atoms in total. The lowest BCUT2D eigenvalue weighted by molar-refractivity contribution is 0.160. The fourth-order valence-electron chi connectivity index (χ4n) is 3.26. The lowest BCUT2D eigenvalue weighted by Crippen LogP contribution is -2.41. The molecule has 0 radical (unpaired) electrons. The average Bonchev–Trinajstić information content (AvgIpc) is 3.36. The minimum Gasteiger partial charge on any atom is -0.347 e. The van der Waals surface area contributed by atoms with Gasteiger partial charge in [-0.05, 0) is 43.0 Å². The van der Waals surface area contributed by atoms with E-state index in [9.17, 15) is 4.79 Å². The van der Waals surface area contributed by atoms with Gasteiger partial charge in [0.2, 0.25) is 0 Å². The summed E-state index contributed by atoms with van der Waals surface area (Å²) in [5.41, 5.74) is 2.76. The Balaban J connectivity index is 1.47. The van der Waals surface area contributed by atoms with Gasteiger partial charge >= 0.3 is 6.03 Å². The van der Waals surface area contributed by atoms with Crippen LogP contribution in [0.4, 0.5) is 10.5 Å². The van der Waals surface area contributed by atoms with Gasteiger partial charge in [-0.3, -0.25) is 5.10 Å². The molecule has 1 aliphatic rings. The summed E-state index contributed by atoms with van der Waals surface area (Å²) in [7, 11) is 0. The monoisotopic (exact) mass is 336 g/mol. The first kappa shape index (κ1) is 15.4. The van der Waals surface area contributed by atoms with Gasteiger partial charge in [0, 0.05) is 30.8 Å². The fraction of sp³-hybridized carbons (Fsp3) is 0.278. The number of H-pyrrole nitrogens is 2. The van der Waals surface area contributed by atoms with E-state index in [4.69, 9.17) is 0 Å². The number of amides is 2. The van der Waals surface area contributed by atoms with Crippen LogP contribution in [0, 0.1) is 0 Å². The number of hydrogen-bond donors (Lipinski definition) is 3. The zero-order valence-electron chi connectivity index (χ0n) is 13.8. The SMILES string of the molecule is O=C(Nc1ccc(-c2ccn[nH]2)cc1)N1CCCCC1c1ncc[nH]1. The van der Waals surface area contributed by atoms with E-state index < -0.39 is 0 Å². The van der Waals surface area contributed by atoms with E-state index in [1.54, 1.807) is 18.6 Å². The minimum atomic E-state index is -0.0876. The lowest BCUT2D eigenvalue weighted by atomic mass is 10.0. The first-order chi connectivity index (χ1) is 12.3. The van der Waals surface area contributed by atoms with Crippen LogP contribution < -0.4 is 5.32 Å². The van der Waals surface area contributed by atoms with Crippen molar-refractivity contribution in [1.82, 2.24) is 25.1 Å². The molecular weight excluding hydrogens is 316 g/mol. The van der Waals surface area contributed by atoms with Crippen molar-refractivity contribution in [3.05, 3.63) is 54.7 Å². The molecule has 1 saturated heterocycles. The number of benzene rings is 1. The number of piperidine rings is 1. The van der Waals surface area contributed by atoms with E-state index in [1.807, 2.05) is 35.2 Å². The number of likely N-dealkylation sites (tertiary alicyclic amines) is 1. The van der Waals surface area contributed by atoms with Crippen LogP contribution in [0.2, 0.25) is 0 Å². The lowest BCUT2D eigenvalue weighted by Gasteiger charge is -2.34. The van der Waals surface area contributed by atoms with Crippen LogP contribution in [-0.2, 0) is 0 Å². The highest BCUT2D eigenvalue weighted by Crippen LogP contribution is 2.29. The topological polar surface area (TPSA) is 89.7 Å². The summed E-state index contributed by atoms with van der Waals surface area (Å²) in [6.07, 6.45) is 8.30. The quantitative estimate of drug-likeness (QED) is 0.683. The zero-order chi connectivity index (χ0) is 17.1. The van der Waals surface area contributed by atoms with Crippen molar-refractivity contribution >= 4 is 11.7 Å². The fourth-order valence-corrected chi connectivity index (χ4v) is 3.26. The smallest absolute Gasteiger partial charge is 0.322 e. The van der Waals surface area contributed by atoms with Crippen molar-refractivity contribution in [2.75, 3.05) is 11.9 Å². The number of carbonyl (C=O) groups is 1. The number of aromatic amines is 2. The molecule has 3 aromatic rings. The van der Waals surface area contributed by atoms with Crippen LogP contribution >= 0.6 is 0 Å². The summed E-state index contributed by atoms with van der Waals surface area (Å²) in [6.45, 7) is 0.740. The number of anilines is 1. The molecule has 7 heteroatoms. The van der Waals surface area contributed by atoms with Crippen molar-refractivity contribution in [3.8, 4) is 11.3 Å². The van der Waals surface area contributed by atoms with Crippen molar-refractivity contribution in [2.24, 2.45) is 0 Å². The van der Waals surface area contributed by atoms with Crippen LogP contribution in [0.5, 0.6) is 0 Å². The van der Waals surface area contributed by atoms with Crippen molar-refractivity contribution in [2.45, 2.75) is 25.3 Å². The van der Waals surface area contributed by atoms with Gasteiger partial charge < -0.3 is 15.2 Å². The highest BCUT2D eigenvalue weighted by atomic mass is 16.2. The Kier molecular flexibility index (Phi) is 4.20. The molecule has 1 fully saturated rings. The third-order valence-corrected chi connectivity index (χ3v) is 4.55. The van der Waals surface area contributed by atoms with E-state index in [-0.39, 0.29) is 12.1 Å². The molecule has 1 unspecified atom stereocenters. The van der Waals surface area contributed by atoms with E-state index in [2.05, 4.69) is 25.5 Å². The maximum atomic E-state index is 12.7. The number of imidazole rings is 1. The van der Waals surface area contributed by atoms with Gasteiger partial charge in [0.1, 0.15) is 5.82 Å². The van der Waals surface area contributed by atoms with Crippen LogP contribution in [-0.4, -0.2) is 37.6 Å². The van der Waals surface area contributed by atoms with Crippen molar-refractivity contribution in [1.29, 1.82) is 0 Å². The molecule has 128 valence electrons. The van der Waals surface area contributed by atoms with E-state index in [1.165, 1.54) is 0 Å².